The van der Waals surface area contributed by atoms with E-state index in [0.29, 0.717) is 6.04 Å². The molecule has 0 atom stereocenters. The normalized spacial score (nSPS) is 12.2. The Bertz CT molecular complexity index is 902. The number of nitrogens with zero attached hydrogens (tertiary/aromatic N) is 1. The fourth-order valence-electron chi connectivity index (χ4n) is 4.17. The molecule has 1 aromatic heterocycles. The molecule has 0 unspecified atom stereocenters. The highest BCUT2D eigenvalue weighted by Gasteiger charge is 2.27. The molecule has 0 saturated carbocycles. The van der Waals surface area contributed by atoms with Crippen LogP contribution in [-0.4, -0.2) is 0 Å². The van der Waals surface area contributed by atoms with E-state index in [1.807, 2.05) is 0 Å². The summed E-state index contributed by atoms with van der Waals surface area (Å²) in [7, 11) is 0. The van der Waals surface area contributed by atoms with Crippen molar-refractivity contribution in [3.05, 3.63) is 65.0 Å². The van der Waals surface area contributed by atoms with Gasteiger partial charge in [0, 0.05) is 26.0 Å². The molecule has 0 fully saturated rings. The third-order valence-corrected chi connectivity index (χ3v) is 5.29. The van der Waals surface area contributed by atoms with Crippen LogP contribution in [0.15, 0.2) is 42.5 Å². The zero-order chi connectivity index (χ0) is 19.2. The Balaban J connectivity index is 2.35. The molecule has 1 heteroatoms. The Kier molecular flexibility index (Phi) is 4.69. The summed E-state index contributed by atoms with van der Waals surface area (Å²) in [5, 5.41) is 0. The van der Waals surface area contributed by atoms with Gasteiger partial charge in [0.05, 0.1) is 0 Å². The third-order valence-electron chi connectivity index (χ3n) is 5.29. The van der Waals surface area contributed by atoms with Crippen LogP contribution in [-0.2, 0) is 5.41 Å². The molecule has 0 spiro atoms. The summed E-state index contributed by atoms with van der Waals surface area (Å²) < 4.78 is 2.41. The van der Waals surface area contributed by atoms with Crippen LogP contribution in [0, 0.1) is 20.8 Å². The topological polar surface area (TPSA) is 3.88 Å². The molecule has 0 bridgehead atoms. The van der Waals surface area contributed by atoms with Crippen molar-refractivity contribution in [2.45, 2.75) is 66.8 Å². The molecule has 136 valence electrons. The number of aromatic nitrogens is 1. The van der Waals surface area contributed by atoms with Crippen molar-refractivity contribution < 1.29 is 4.57 Å². The molecule has 0 saturated heterocycles. The van der Waals surface area contributed by atoms with Gasteiger partial charge in [-0.15, -0.1) is 0 Å². The molecule has 0 radical (unpaired) electrons. The van der Waals surface area contributed by atoms with E-state index in [1.165, 1.54) is 44.8 Å². The van der Waals surface area contributed by atoms with Gasteiger partial charge in [-0.3, -0.25) is 0 Å². The summed E-state index contributed by atoms with van der Waals surface area (Å²) in [6.07, 6.45) is 0. The van der Waals surface area contributed by atoms with Gasteiger partial charge in [0.15, 0.2) is 17.4 Å². The highest BCUT2D eigenvalue weighted by molar-refractivity contribution is 5.90. The molecular formula is C25H32N+. The average Bonchev–Trinajstić information content (AvgIpc) is 2.79. The second-order valence-electron chi connectivity index (χ2n) is 8.95. The quantitative estimate of drug-likeness (QED) is 0.463. The second-order valence-corrected chi connectivity index (χ2v) is 8.95. The minimum absolute atomic E-state index is 0.105. The van der Waals surface area contributed by atoms with Gasteiger partial charge in [0.25, 0.3) is 0 Å². The summed E-state index contributed by atoms with van der Waals surface area (Å²) in [6, 6.07) is 16.6. The fourth-order valence-corrected chi connectivity index (χ4v) is 4.17. The molecular weight excluding hydrogens is 314 g/mol. The van der Waals surface area contributed by atoms with Gasteiger partial charge in [-0.05, 0) is 60.1 Å². The lowest BCUT2D eigenvalue weighted by Gasteiger charge is -2.21. The largest absolute Gasteiger partial charge is 0.198 e. The van der Waals surface area contributed by atoms with E-state index in [-0.39, 0.29) is 5.41 Å². The summed E-state index contributed by atoms with van der Waals surface area (Å²) in [5.41, 5.74) is 10.9. The lowest BCUT2D eigenvalue weighted by atomic mass is 9.84. The Morgan fingerprint density at radius 3 is 1.88 bits per heavy atom. The molecule has 2 aliphatic rings. The van der Waals surface area contributed by atoms with Gasteiger partial charge in [0.1, 0.15) is 0 Å². The van der Waals surface area contributed by atoms with Crippen molar-refractivity contribution in [3.63, 3.8) is 0 Å². The van der Waals surface area contributed by atoms with Crippen molar-refractivity contribution in [1.29, 1.82) is 0 Å². The van der Waals surface area contributed by atoms with Crippen LogP contribution in [0.3, 0.4) is 0 Å². The zero-order valence-corrected chi connectivity index (χ0v) is 17.6. The molecule has 1 aromatic rings. The van der Waals surface area contributed by atoms with Crippen LogP contribution in [0.4, 0.5) is 0 Å². The summed E-state index contributed by atoms with van der Waals surface area (Å²) in [5.74, 6) is 0. The van der Waals surface area contributed by atoms with Crippen LogP contribution in [0.5, 0.6) is 0 Å². The maximum atomic E-state index is 2.41. The predicted molar refractivity (Wildman–Crippen MR) is 112 cm³/mol. The summed E-state index contributed by atoms with van der Waals surface area (Å²) >= 11 is 0. The molecule has 1 nitrogen and oxygen atoms in total. The Labute approximate surface area is 159 Å². The number of fused-ring (bicyclic) bond motifs is 1. The highest BCUT2D eigenvalue weighted by atomic mass is 15.0. The van der Waals surface area contributed by atoms with Crippen LogP contribution in [0.2, 0.25) is 0 Å². The number of hydrogen-bond acceptors (Lipinski definition) is 0. The number of pyridine rings is 1. The van der Waals surface area contributed by atoms with Gasteiger partial charge in [0.2, 0.25) is 0 Å². The molecule has 2 aliphatic carbocycles. The van der Waals surface area contributed by atoms with Crippen LogP contribution >= 0.6 is 0 Å². The number of aryl methyl sites for hydroxylation is 3. The van der Waals surface area contributed by atoms with E-state index >= 15 is 0 Å². The minimum atomic E-state index is 0.105. The highest BCUT2D eigenvalue weighted by Crippen LogP contribution is 2.44. The Morgan fingerprint density at radius 1 is 0.769 bits per heavy atom. The van der Waals surface area contributed by atoms with E-state index in [1.54, 1.807) is 0 Å². The molecule has 3 rings (SSSR count). The van der Waals surface area contributed by atoms with Gasteiger partial charge >= 0.3 is 0 Å². The van der Waals surface area contributed by atoms with Crippen LogP contribution in [0.1, 0.15) is 63.2 Å². The van der Waals surface area contributed by atoms with Crippen molar-refractivity contribution >= 4 is 0 Å². The van der Waals surface area contributed by atoms with Gasteiger partial charge in [-0.2, -0.15) is 4.57 Å². The molecule has 26 heavy (non-hydrogen) atoms. The fraction of sp³-hybridized carbons (Fsp3) is 0.400. The van der Waals surface area contributed by atoms with E-state index in [4.69, 9.17) is 0 Å². The van der Waals surface area contributed by atoms with E-state index < -0.39 is 0 Å². The third kappa shape index (κ3) is 3.28. The van der Waals surface area contributed by atoms with E-state index in [2.05, 4.69) is 102 Å². The smallest absolute Gasteiger partial charge is 0.179 e. The number of rotatable bonds is 2. The summed E-state index contributed by atoms with van der Waals surface area (Å²) in [4.78, 5) is 0. The lowest BCUT2D eigenvalue weighted by molar-refractivity contribution is -0.727. The molecule has 0 N–H and O–H groups in total. The maximum Gasteiger partial charge on any atom is 0.179 e. The first-order valence-corrected chi connectivity index (χ1v) is 9.66. The van der Waals surface area contributed by atoms with Crippen molar-refractivity contribution in [2.75, 3.05) is 0 Å². The number of hydrogen-bond donors (Lipinski definition) is 0. The lowest BCUT2D eigenvalue weighted by Crippen LogP contribution is -2.42. The molecule has 1 heterocycles. The first-order valence-electron chi connectivity index (χ1n) is 9.66. The van der Waals surface area contributed by atoms with Gasteiger partial charge in [-0.1, -0.05) is 50.6 Å². The maximum absolute atomic E-state index is 2.41. The summed E-state index contributed by atoms with van der Waals surface area (Å²) in [6.45, 7) is 18.0. The Hall–Kier alpha value is -2.15. The second kappa shape index (κ2) is 6.54. The molecule has 0 aromatic carbocycles. The zero-order valence-electron chi connectivity index (χ0n) is 17.6. The predicted octanol–water partition coefficient (Wildman–Crippen LogP) is 6.55. The standard InChI is InChI=1S/C25H32N/c1-16(2)26-18(4)13-21(14-19(26)5)24-22-12-10-17(3)9-11-20(22)15-23(24)25(6,7)8/h9-16H,1-8H3/q+1. The van der Waals surface area contributed by atoms with Crippen molar-refractivity contribution in [1.82, 2.24) is 0 Å². The average molecular weight is 347 g/mol. The molecule has 0 aliphatic heterocycles. The SMILES string of the molecule is Cc1ccc2cc(C(C)(C)C)c(-c3cc(C)[n+](C(C)C)c(C)c3)c-2cc1. The minimum Gasteiger partial charge on any atom is -0.198 e. The first kappa shape index (κ1) is 18.6. The van der Waals surface area contributed by atoms with Crippen molar-refractivity contribution in [2.24, 2.45) is 0 Å². The van der Waals surface area contributed by atoms with E-state index in [9.17, 15) is 0 Å². The van der Waals surface area contributed by atoms with Gasteiger partial charge in [-0.25, -0.2) is 0 Å². The van der Waals surface area contributed by atoms with E-state index in [0.717, 1.165) is 0 Å². The first-order chi connectivity index (χ1) is 12.1. The van der Waals surface area contributed by atoms with Crippen LogP contribution < -0.4 is 4.57 Å². The van der Waals surface area contributed by atoms with Gasteiger partial charge < -0.3 is 0 Å². The Morgan fingerprint density at radius 2 is 1.35 bits per heavy atom. The van der Waals surface area contributed by atoms with Crippen LogP contribution in [0.25, 0.3) is 22.3 Å². The van der Waals surface area contributed by atoms with Crippen molar-refractivity contribution in [3.8, 4) is 22.3 Å². The monoisotopic (exact) mass is 346 g/mol. The molecule has 0 amide bonds.